The van der Waals surface area contributed by atoms with Crippen molar-refractivity contribution in [3.8, 4) is 0 Å². The van der Waals surface area contributed by atoms with Gasteiger partial charge >= 0.3 is 0 Å². The van der Waals surface area contributed by atoms with E-state index < -0.39 is 0 Å². The SMILES string of the molecule is CC(C)(CO)C1=CCNCC1. The molecule has 0 fully saturated rings. The first-order valence-electron chi connectivity index (χ1n) is 4.18. The minimum absolute atomic E-state index is 0.0118. The molecule has 0 aromatic carbocycles. The van der Waals surface area contributed by atoms with Crippen LogP contribution >= 0.6 is 0 Å². The van der Waals surface area contributed by atoms with E-state index in [4.69, 9.17) is 5.11 Å². The van der Waals surface area contributed by atoms with Crippen molar-refractivity contribution in [1.29, 1.82) is 0 Å². The van der Waals surface area contributed by atoms with Crippen LogP contribution in [0.15, 0.2) is 11.6 Å². The fraction of sp³-hybridized carbons (Fsp3) is 0.778. The fourth-order valence-electron chi connectivity index (χ4n) is 1.34. The fourth-order valence-corrected chi connectivity index (χ4v) is 1.34. The summed E-state index contributed by atoms with van der Waals surface area (Å²) < 4.78 is 0. The van der Waals surface area contributed by atoms with Crippen molar-refractivity contribution in [2.24, 2.45) is 5.41 Å². The third-order valence-corrected chi connectivity index (χ3v) is 2.33. The minimum atomic E-state index is -0.0118. The molecule has 0 unspecified atom stereocenters. The van der Waals surface area contributed by atoms with E-state index in [1.807, 2.05) is 0 Å². The highest BCUT2D eigenvalue weighted by atomic mass is 16.3. The standard InChI is InChI=1S/C9H17NO/c1-9(2,7-11)8-3-5-10-6-4-8/h3,10-11H,4-7H2,1-2H3. The van der Waals surface area contributed by atoms with Crippen LogP contribution < -0.4 is 5.32 Å². The molecule has 1 heterocycles. The molecule has 1 aliphatic rings. The van der Waals surface area contributed by atoms with E-state index >= 15 is 0 Å². The maximum atomic E-state index is 9.09. The topological polar surface area (TPSA) is 32.3 Å². The lowest BCUT2D eigenvalue weighted by atomic mass is 9.82. The van der Waals surface area contributed by atoms with E-state index in [2.05, 4.69) is 25.2 Å². The summed E-state index contributed by atoms with van der Waals surface area (Å²) in [7, 11) is 0. The van der Waals surface area contributed by atoms with Crippen molar-refractivity contribution >= 4 is 0 Å². The molecule has 0 atom stereocenters. The second-order valence-corrected chi connectivity index (χ2v) is 3.73. The summed E-state index contributed by atoms with van der Waals surface area (Å²) in [5, 5.41) is 12.3. The molecule has 2 heteroatoms. The molecular formula is C9H17NO. The van der Waals surface area contributed by atoms with Crippen LogP contribution in [-0.2, 0) is 0 Å². The van der Waals surface area contributed by atoms with Gasteiger partial charge in [0, 0.05) is 12.0 Å². The minimum Gasteiger partial charge on any atom is -0.395 e. The maximum Gasteiger partial charge on any atom is 0.0519 e. The molecule has 64 valence electrons. The molecule has 0 bridgehead atoms. The number of aliphatic hydroxyl groups excluding tert-OH is 1. The molecule has 0 spiro atoms. The number of rotatable bonds is 2. The van der Waals surface area contributed by atoms with Crippen LogP contribution in [0.1, 0.15) is 20.3 Å². The van der Waals surface area contributed by atoms with Gasteiger partial charge in [-0.3, -0.25) is 0 Å². The largest absolute Gasteiger partial charge is 0.395 e. The molecule has 0 aliphatic carbocycles. The van der Waals surface area contributed by atoms with E-state index in [1.165, 1.54) is 5.57 Å². The summed E-state index contributed by atoms with van der Waals surface area (Å²) in [6.45, 7) is 6.43. The summed E-state index contributed by atoms with van der Waals surface area (Å²) in [5.74, 6) is 0. The molecule has 0 aromatic rings. The zero-order valence-corrected chi connectivity index (χ0v) is 7.35. The summed E-state index contributed by atoms with van der Waals surface area (Å²) in [6, 6.07) is 0. The molecule has 0 radical (unpaired) electrons. The predicted octanol–water partition coefficient (Wildman–Crippen LogP) is 0.925. The highest BCUT2D eigenvalue weighted by Gasteiger charge is 2.22. The number of aliphatic hydroxyl groups is 1. The first-order chi connectivity index (χ1) is 5.17. The van der Waals surface area contributed by atoms with Crippen molar-refractivity contribution < 1.29 is 5.11 Å². The first kappa shape index (κ1) is 8.75. The van der Waals surface area contributed by atoms with Crippen LogP contribution in [0.3, 0.4) is 0 Å². The zero-order valence-electron chi connectivity index (χ0n) is 7.35. The maximum absolute atomic E-state index is 9.09. The second-order valence-electron chi connectivity index (χ2n) is 3.73. The van der Waals surface area contributed by atoms with Crippen LogP contribution in [-0.4, -0.2) is 24.8 Å². The lowest BCUT2D eigenvalue weighted by molar-refractivity contribution is 0.185. The quantitative estimate of drug-likeness (QED) is 0.581. The van der Waals surface area contributed by atoms with Gasteiger partial charge in [0.25, 0.3) is 0 Å². The molecule has 0 amide bonds. The summed E-state index contributed by atoms with van der Waals surface area (Å²) in [5.41, 5.74) is 1.38. The van der Waals surface area contributed by atoms with Gasteiger partial charge in [0.15, 0.2) is 0 Å². The van der Waals surface area contributed by atoms with Crippen molar-refractivity contribution in [3.05, 3.63) is 11.6 Å². The molecule has 2 nitrogen and oxygen atoms in total. The Morgan fingerprint density at radius 3 is 2.82 bits per heavy atom. The van der Waals surface area contributed by atoms with Gasteiger partial charge in [-0.1, -0.05) is 25.5 Å². The predicted molar refractivity (Wildman–Crippen MR) is 46.4 cm³/mol. The molecule has 0 saturated heterocycles. The Morgan fingerprint density at radius 2 is 2.36 bits per heavy atom. The highest BCUT2D eigenvalue weighted by Crippen LogP contribution is 2.28. The zero-order chi connectivity index (χ0) is 8.32. The van der Waals surface area contributed by atoms with E-state index in [9.17, 15) is 0 Å². The summed E-state index contributed by atoms with van der Waals surface area (Å²) >= 11 is 0. The second kappa shape index (κ2) is 3.37. The third-order valence-electron chi connectivity index (χ3n) is 2.33. The Kier molecular flexibility index (Phi) is 2.68. The van der Waals surface area contributed by atoms with Gasteiger partial charge in [0.2, 0.25) is 0 Å². The van der Waals surface area contributed by atoms with Gasteiger partial charge in [-0.2, -0.15) is 0 Å². The van der Waals surface area contributed by atoms with E-state index in [0.29, 0.717) is 0 Å². The van der Waals surface area contributed by atoms with Crippen LogP contribution in [0.4, 0.5) is 0 Å². The molecular weight excluding hydrogens is 138 g/mol. The Bertz CT molecular complexity index is 161. The molecule has 2 N–H and O–H groups in total. The summed E-state index contributed by atoms with van der Waals surface area (Å²) in [4.78, 5) is 0. The lowest BCUT2D eigenvalue weighted by Gasteiger charge is -2.28. The normalized spacial score (nSPS) is 19.7. The Labute approximate surface area is 68.3 Å². The van der Waals surface area contributed by atoms with Gasteiger partial charge in [-0.15, -0.1) is 0 Å². The van der Waals surface area contributed by atoms with Crippen LogP contribution in [0, 0.1) is 5.41 Å². The van der Waals surface area contributed by atoms with E-state index in [-0.39, 0.29) is 12.0 Å². The highest BCUT2D eigenvalue weighted by molar-refractivity contribution is 5.15. The smallest absolute Gasteiger partial charge is 0.0519 e. The molecule has 0 aromatic heterocycles. The monoisotopic (exact) mass is 155 g/mol. The molecule has 1 aliphatic heterocycles. The average molecular weight is 155 g/mol. The summed E-state index contributed by atoms with van der Waals surface area (Å²) in [6.07, 6.45) is 3.27. The van der Waals surface area contributed by atoms with Gasteiger partial charge in [0.05, 0.1) is 6.61 Å². The van der Waals surface area contributed by atoms with Crippen molar-refractivity contribution in [1.82, 2.24) is 5.32 Å². The van der Waals surface area contributed by atoms with Crippen LogP contribution in [0.5, 0.6) is 0 Å². The number of hydrogen-bond acceptors (Lipinski definition) is 2. The third kappa shape index (κ3) is 2.04. The van der Waals surface area contributed by atoms with E-state index in [0.717, 1.165) is 19.5 Å². The van der Waals surface area contributed by atoms with Crippen molar-refractivity contribution in [3.63, 3.8) is 0 Å². The Hall–Kier alpha value is -0.340. The van der Waals surface area contributed by atoms with Gasteiger partial charge < -0.3 is 10.4 Å². The van der Waals surface area contributed by atoms with E-state index in [1.54, 1.807) is 0 Å². The van der Waals surface area contributed by atoms with Gasteiger partial charge in [-0.25, -0.2) is 0 Å². The number of nitrogens with one attached hydrogen (secondary N) is 1. The molecule has 0 saturated carbocycles. The van der Waals surface area contributed by atoms with Crippen LogP contribution in [0.2, 0.25) is 0 Å². The Balaban J connectivity index is 2.64. The average Bonchev–Trinajstić information content (AvgIpc) is 2.06. The first-order valence-corrected chi connectivity index (χ1v) is 4.18. The van der Waals surface area contributed by atoms with Crippen LogP contribution in [0.25, 0.3) is 0 Å². The van der Waals surface area contributed by atoms with Gasteiger partial charge in [0.1, 0.15) is 0 Å². The van der Waals surface area contributed by atoms with Crippen molar-refractivity contribution in [2.75, 3.05) is 19.7 Å². The van der Waals surface area contributed by atoms with Gasteiger partial charge in [-0.05, 0) is 13.0 Å². The number of hydrogen-bond donors (Lipinski definition) is 2. The molecule has 11 heavy (non-hydrogen) atoms. The van der Waals surface area contributed by atoms with Crippen molar-refractivity contribution in [2.45, 2.75) is 20.3 Å². The lowest BCUT2D eigenvalue weighted by Crippen LogP contribution is -2.28. The molecule has 1 rings (SSSR count). The Morgan fingerprint density at radius 1 is 1.64 bits per heavy atom.